The third-order valence-electron chi connectivity index (χ3n) is 5.52. The SMILES string of the molecule is Cc1cn2cc(Nc3n[nH]c4cc(N5CCNC(C)C5)cc(CO)c34)cc(F)c2n1. The first-order chi connectivity index (χ1) is 14.5. The summed E-state index contributed by atoms with van der Waals surface area (Å²) >= 11 is 0. The Morgan fingerprint density at radius 2 is 2.17 bits per heavy atom. The van der Waals surface area contributed by atoms with Crippen molar-refractivity contribution in [2.24, 2.45) is 0 Å². The van der Waals surface area contributed by atoms with Crippen LogP contribution in [-0.2, 0) is 6.61 Å². The smallest absolute Gasteiger partial charge is 0.173 e. The number of rotatable bonds is 4. The molecule has 0 spiro atoms. The van der Waals surface area contributed by atoms with E-state index in [9.17, 15) is 9.50 Å². The predicted octanol–water partition coefficient (Wildman–Crippen LogP) is 2.69. The van der Waals surface area contributed by atoms with Gasteiger partial charge in [0.1, 0.15) is 0 Å². The van der Waals surface area contributed by atoms with Gasteiger partial charge in [0.2, 0.25) is 0 Å². The molecular formula is C21H24FN7O. The number of nitrogens with zero attached hydrogens (tertiary/aromatic N) is 4. The van der Waals surface area contributed by atoms with E-state index in [0.717, 1.165) is 47.5 Å². The van der Waals surface area contributed by atoms with Gasteiger partial charge >= 0.3 is 0 Å². The summed E-state index contributed by atoms with van der Waals surface area (Å²) in [5.41, 5.74) is 4.23. The fraction of sp³-hybridized carbons (Fsp3) is 0.333. The number of aromatic amines is 1. The fourth-order valence-corrected chi connectivity index (χ4v) is 4.17. The number of halogens is 1. The van der Waals surface area contributed by atoms with Gasteiger partial charge in [-0.25, -0.2) is 9.37 Å². The molecule has 8 nitrogen and oxygen atoms in total. The van der Waals surface area contributed by atoms with Gasteiger partial charge in [0.05, 0.1) is 23.5 Å². The summed E-state index contributed by atoms with van der Waals surface area (Å²) in [4.78, 5) is 6.49. The van der Waals surface area contributed by atoms with Crippen molar-refractivity contribution in [3.63, 3.8) is 0 Å². The molecular weight excluding hydrogens is 385 g/mol. The average Bonchev–Trinajstić information content (AvgIpc) is 3.30. The van der Waals surface area contributed by atoms with Gasteiger partial charge in [0, 0.05) is 55.2 Å². The molecule has 1 saturated heterocycles. The molecule has 4 N–H and O–H groups in total. The average molecular weight is 409 g/mol. The zero-order valence-corrected chi connectivity index (χ0v) is 16.9. The van der Waals surface area contributed by atoms with E-state index in [1.165, 1.54) is 6.07 Å². The van der Waals surface area contributed by atoms with Crippen LogP contribution in [0, 0.1) is 12.7 Å². The van der Waals surface area contributed by atoms with Crippen LogP contribution in [0.5, 0.6) is 0 Å². The van der Waals surface area contributed by atoms with Crippen molar-refractivity contribution < 1.29 is 9.50 Å². The number of benzene rings is 1. The Bertz CT molecular complexity index is 1230. The second-order valence-electron chi connectivity index (χ2n) is 7.87. The summed E-state index contributed by atoms with van der Waals surface area (Å²) in [6.07, 6.45) is 3.54. The standard InChI is InChI=1S/C21H24FN7O/c1-12-8-28(4-3-23-12)16-5-14(11-30)19-18(7-16)26-27-20(19)25-15-6-17(22)21-24-13(2)9-29(21)10-15/h5-7,9-10,12,23,30H,3-4,8,11H2,1-2H3,(H2,25,26,27). The molecule has 0 amide bonds. The molecule has 3 aromatic heterocycles. The van der Waals surface area contributed by atoms with Crippen molar-refractivity contribution in [1.29, 1.82) is 0 Å². The highest BCUT2D eigenvalue weighted by atomic mass is 19.1. The fourth-order valence-electron chi connectivity index (χ4n) is 4.17. The molecule has 9 heteroatoms. The van der Waals surface area contributed by atoms with E-state index in [2.05, 4.69) is 37.6 Å². The van der Waals surface area contributed by atoms with Crippen molar-refractivity contribution in [2.75, 3.05) is 29.9 Å². The van der Waals surface area contributed by atoms with Crippen LogP contribution in [-0.4, -0.2) is 50.4 Å². The zero-order chi connectivity index (χ0) is 20.8. The van der Waals surface area contributed by atoms with E-state index in [-0.39, 0.29) is 12.3 Å². The number of anilines is 3. The van der Waals surface area contributed by atoms with Crippen molar-refractivity contribution in [1.82, 2.24) is 24.9 Å². The Balaban J connectivity index is 1.52. The summed E-state index contributed by atoms with van der Waals surface area (Å²) in [7, 11) is 0. The predicted molar refractivity (Wildman–Crippen MR) is 115 cm³/mol. The van der Waals surface area contributed by atoms with Gasteiger partial charge < -0.3 is 25.0 Å². The van der Waals surface area contributed by atoms with Gasteiger partial charge in [-0.05, 0) is 31.5 Å². The minimum atomic E-state index is -0.412. The Labute approximate surface area is 172 Å². The van der Waals surface area contributed by atoms with E-state index >= 15 is 0 Å². The first-order valence-corrected chi connectivity index (χ1v) is 10.0. The van der Waals surface area contributed by atoms with Crippen LogP contribution >= 0.6 is 0 Å². The van der Waals surface area contributed by atoms with Crippen molar-refractivity contribution in [3.05, 3.63) is 47.7 Å². The lowest BCUT2D eigenvalue weighted by atomic mass is 10.1. The van der Waals surface area contributed by atoms with Gasteiger partial charge in [-0.3, -0.25) is 5.10 Å². The number of nitrogens with one attached hydrogen (secondary N) is 3. The van der Waals surface area contributed by atoms with Crippen LogP contribution in [0.3, 0.4) is 0 Å². The lowest BCUT2D eigenvalue weighted by Crippen LogP contribution is -2.49. The maximum atomic E-state index is 14.4. The first-order valence-electron chi connectivity index (χ1n) is 10.0. The number of aromatic nitrogens is 4. The molecule has 0 saturated carbocycles. The summed E-state index contributed by atoms with van der Waals surface area (Å²) in [5, 5.41) is 24.9. The number of fused-ring (bicyclic) bond motifs is 2. The Morgan fingerprint density at radius 1 is 1.30 bits per heavy atom. The van der Waals surface area contributed by atoms with E-state index in [1.807, 2.05) is 19.1 Å². The quantitative estimate of drug-likeness (QED) is 0.414. The molecule has 0 radical (unpaired) electrons. The third kappa shape index (κ3) is 3.25. The van der Waals surface area contributed by atoms with Gasteiger partial charge in [0.15, 0.2) is 17.3 Å². The molecule has 0 aliphatic carbocycles. The van der Waals surface area contributed by atoms with Gasteiger partial charge in [-0.1, -0.05) is 0 Å². The number of hydrogen-bond donors (Lipinski definition) is 4. The molecule has 4 heterocycles. The van der Waals surface area contributed by atoms with Crippen LogP contribution in [0.1, 0.15) is 18.2 Å². The number of hydrogen-bond acceptors (Lipinski definition) is 6. The number of imidazole rings is 1. The minimum Gasteiger partial charge on any atom is -0.392 e. The van der Waals surface area contributed by atoms with Crippen molar-refractivity contribution in [3.8, 4) is 0 Å². The highest BCUT2D eigenvalue weighted by molar-refractivity contribution is 5.96. The van der Waals surface area contributed by atoms with E-state index in [0.29, 0.717) is 17.5 Å². The molecule has 0 bridgehead atoms. The largest absolute Gasteiger partial charge is 0.392 e. The highest BCUT2D eigenvalue weighted by Gasteiger charge is 2.19. The number of pyridine rings is 1. The number of aryl methyl sites for hydroxylation is 1. The summed E-state index contributed by atoms with van der Waals surface area (Å²) in [6, 6.07) is 5.86. The second-order valence-corrected chi connectivity index (χ2v) is 7.87. The van der Waals surface area contributed by atoms with E-state index in [1.54, 1.807) is 16.8 Å². The summed E-state index contributed by atoms with van der Waals surface area (Å²) < 4.78 is 16.1. The van der Waals surface area contributed by atoms with Gasteiger partial charge in [0.25, 0.3) is 0 Å². The molecule has 4 aromatic rings. The van der Waals surface area contributed by atoms with Gasteiger partial charge in [-0.2, -0.15) is 5.10 Å². The van der Waals surface area contributed by atoms with Crippen LogP contribution in [0.15, 0.2) is 30.6 Å². The topological polar surface area (TPSA) is 93.5 Å². The molecule has 30 heavy (non-hydrogen) atoms. The Kier molecular flexibility index (Phi) is 4.56. The zero-order valence-electron chi connectivity index (χ0n) is 16.9. The molecule has 1 atom stereocenters. The maximum absolute atomic E-state index is 14.4. The number of piperazine rings is 1. The summed E-state index contributed by atoms with van der Waals surface area (Å²) in [5.74, 6) is 0.135. The molecule has 5 rings (SSSR count). The lowest BCUT2D eigenvalue weighted by Gasteiger charge is -2.34. The summed E-state index contributed by atoms with van der Waals surface area (Å²) in [6.45, 7) is 6.60. The van der Waals surface area contributed by atoms with Crippen LogP contribution in [0.4, 0.5) is 21.6 Å². The molecule has 1 aliphatic heterocycles. The van der Waals surface area contributed by atoms with Gasteiger partial charge in [-0.15, -0.1) is 0 Å². The molecule has 1 fully saturated rings. The van der Waals surface area contributed by atoms with Crippen molar-refractivity contribution in [2.45, 2.75) is 26.5 Å². The van der Waals surface area contributed by atoms with Crippen molar-refractivity contribution >= 4 is 33.7 Å². The number of H-pyrrole nitrogens is 1. The first kappa shape index (κ1) is 18.8. The monoisotopic (exact) mass is 409 g/mol. The highest BCUT2D eigenvalue weighted by Crippen LogP contribution is 2.32. The minimum absolute atomic E-state index is 0.117. The molecule has 1 aliphatic rings. The van der Waals surface area contributed by atoms with Crippen LogP contribution in [0.2, 0.25) is 0 Å². The normalized spacial score (nSPS) is 17.2. The third-order valence-corrected chi connectivity index (χ3v) is 5.52. The molecule has 1 unspecified atom stereocenters. The molecule has 1 aromatic carbocycles. The van der Waals surface area contributed by atoms with E-state index in [4.69, 9.17) is 0 Å². The number of aliphatic hydroxyl groups is 1. The number of aliphatic hydroxyl groups excluding tert-OH is 1. The molecule has 156 valence electrons. The Morgan fingerprint density at radius 3 is 2.97 bits per heavy atom. The van der Waals surface area contributed by atoms with Crippen LogP contribution in [0.25, 0.3) is 16.6 Å². The second kappa shape index (κ2) is 7.26. The van der Waals surface area contributed by atoms with E-state index < -0.39 is 5.82 Å². The maximum Gasteiger partial charge on any atom is 0.173 e. The lowest BCUT2D eigenvalue weighted by molar-refractivity contribution is 0.283. The Hall–Kier alpha value is -3.17. The van der Waals surface area contributed by atoms with Crippen LogP contribution < -0.4 is 15.5 Å².